The van der Waals surface area contributed by atoms with E-state index in [0.29, 0.717) is 24.4 Å². The fraction of sp³-hybridized carbons (Fsp3) is 0.458. The lowest BCUT2D eigenvalue weighted by atomic mass is 9.96. The number of carbonyl (C=O) groups is 1. The van der Waals surface area contributed by atoms with Crippen LogP contribution in [0.2, 0.25) is 0 Å². The van der Waals surface area contributed by atoms with E-state index in [0.717, 1.165) is 38.5 Å². The lowest BCUT2D eigenvalue weighted by Gasteiger charge is -2.32. The van der Waals surface area contributed by atoms with E-state index in [2.05, 4.69) is 41.4 Å². The maximum absolute atomic E-state index is 13.4. The molecule has 2 aromatic carbocycles. The van der Waals surface area contributed by atoms with Gasteiger partial charge < -0.3 is 5.32 Å². The molecule has 0 radical (unpaired) electrons. The van der Waals surface area contributed by atoms with Crippen LogP contribution < -0.4 is 5.32 Å². The van der Waals surface area contributed by atoms with Gasteiger partial charge in [-0.3, -0.25) is 9.69 Å². The van der Waals surface area contributed by atoms with Crippen LogP contribution in [0.4, 0.5) is 8.78 Å². The molecule has 2 aromatic rings. The van der Waals surface area contributed by atoms with Gasteiger partial charge in [0.25, 0.3) is 0 Å². The average molecular weight is 398 g/mol. The van der Waals surface area contributed by atoms with Crippen molar-refractivity contribution < 1.29 is 13.6 Å². The molecule has 5 heteroatoms. The predicted octanol–water partition coefficient (Wildman–Crippen LogP) is 4.41. The van der Waals surface area contributed by atoms with Gasteiger partial charge in [0.1, 0.15) is 0 Å². The van der Waals surface area contributed by atoms with E-state index in [1.54, 1.807) is 6.07 Å². The first-order valence-electron chi connectivity index (χ1n) is 10.5. The second kappa shape index (κ2) is 8.62. The molecule has 1 amide bonds. The van der Waals surface area contributed by atoms with E-state index in [1.165, 1.54) is 17.2 Å². The molecular formula is C24H28F2N2O. The molecule has 0 spiro atoms. The highest BCUT2D eigenvalue weighted by Crippen LogP contribution is 2.47. The summed E-state index contributed by atoms with van der Waals surface area (Å²) in [4.78, 5) is 14.9. The number of likely N-dealkylation sites (tertiary alicyclic amines) is 1. The number of hydrogen-bond acceptors (Lipinski definition) is 2. The molecule has 4 rings (SSSR count). The molecule has 2 unspecified atom stereocenters. The van der Waals surface area contributed by atoms with Gasteiger partial charge in [0, 0.05) is 19.0 Å². The minimum Gasteiger partial charge on any atom is -0.356 e. The van der Waals surface area contributed by atoms with Gasteiger partial charge in [-0.25, -0.2) is 8.78 Å². The zero-order valence-corrected chi connectivity index (χ0v) is 16.8. The number of amides is 1. The average Bonchev–Trinajstić information content (AvgIpc) is 3.52. The highest BCUT2D eigenvalue weighted by Gasteiger charge is 2.44. The monoisotopic (exact) mass is 398 g/mol. The number of rotatable bonds is 6. The van der Waals surface area contributed by atoms with Crippen LogP contribution in [0, 0.1) is 30.4 Å². The molecule has 1 aliphatic carbocycles. The molecule has 29 heavy (non-hydrogen) atoms. The Morgan fingerprint density at radius 3 is 2.48 bits per heavy atom. The largest absolute Gasteiger partial charge is 0.356 e. The van der Waals surface area contributed by atoms with Crippen molar-refractivity contribution in [3.8, 4) is 0 Å². The fourth-order valence-corrected chi connectivity index (χ4v) is 4.27. The Balaban J connectivity index is 1.18. The van der Waals surface area contributed by atoms with Gasteiger partial charge in [0.15, 0.2) is 11.6 Å². The second-order valence-electron chi connectivity index (χ2n) is 8.57. The summed E-state index contributed by atoms with van der Waals surface area (Å²) in [7, 11) is 0. The zero-order valence-electron chi connectivity index (χ0n) is 16.8. The van der Waals surface area contributed by atoms with Gasteiger partial charge >= 0.3 is 0 Å². The Labute approximate surface area is 171 Å². The normalized spacial score (nSPS) is 22.4. The molecule has 2 aliphatic rings. The number of nitrogens with one attached hydrogen (secondary N) is 1. The summed E-state index contributed by atoms with van der Waals surface area (Å²) in [6, 6.07) is 12.6. The lowest BCUT2D eigenvalue weighted by Crippen LogP contribution is -2.38. The van der Waals surface area contributed by atoms with Crippen molar-refractivity contribution in [2.45, 2.75) is 38.6 Å². The molecular weight excluding hydrogens is 370 g/mol. The van der Waals surface area contributed by atoms with Crippen LogP contribution in [0.25, 0.3) is 0 Å². The minimum atomic E-state index is -0.843. The topological polar surface area (TPSA) is 32.3 Å². The summed E-state index contributed by atoms with van der Waals surface area (Å²) in [6.45, 7) is 5.89. The van der Waals surface area contributed by atoms with Gasteiger partial charge in [-0.15, -0.1) is 0 Å². The fourth-order valence-electron chi connectivity index (χ4n) is 4.27. The van der Waals surface area contributed by atoms with Crippen molar-refractivity contribution in [1.29, 1.82) is 0 Å². The molecule has 1 aliphatic heterocycles. The summed E-state index contributed by atoms with van der Waals surface area (Å²) in [5, 5.41) is 3.09. The molecule has 1 saturated heterocycles. The molecule has 2 atom stereocenters. The van der Waals surface area contributed by atoms with E-state index in [4.69, 9.17) is 0 Å². The van der Waals surface area contributed by atoms with E-state index in [9.17, 15) is 13.6 Å². The highest BCUT2D eigenvalue weighted by atomic mass is 19.2. The van der Waals surface area contributed by atoms with Crippen molar-refractivity contribution >= 4 is 5.91 Å². The molecule has 0 aromatic heterocycles. The first kappa shape index (κ1) is 20.0. The summed E-state index contributed by atoms with van der Waals surface area (Å²) in [5.41, 5.74) is 3.35. The Hall–Kier alpha value is -2.27. The van der Waals surface area contributed by atoms with Crippen LogP contribution >= 0.6 is 0 Å². The maximum Gasteiger partial charge on any atom is 0.223 e. The third-order valence-electron chi connectivity index (χ3n) is 6.30. The predicted molar refractivity (Wildman–Crippen MR) is 109 cm³/mol. The van der Waals surface area contributed by atoms with Crippen molar-refractivity contribution in [3.05, 3.63) is 70.8 Å². The standard InChI is InChI=1S/C24H28F2N2O/c1-16-2-4-18(5-3-16)15-28-10-8-17(9-11-28)14-27-24(29)21-13-20(21)19-6-7-22(25)23(26)12-19/h2-7,12,17,20-21H,8-11,13-15H2,1H3,(H,27,29). The molecule has 1 saturated carbocycles. The van der Waals surface area contributed by atoms with Crippen molar-refractivity contribution in [2.75, 3.05) is 19.6 Å². The van der Waals surface area contributed by atoms with Crippen LogP contribution in [0.15, 0.2) is 42.5 Å². The third kappa shape index (κ3) is 5.02. The number of hydrogen-bond donors (Lipinski definition) is 1. The van der Waals surface area contributed by atoms with Gasteiger partial charge in [0.05, 0.1) is 0 Å². The van der Waals surface area contributed by atoms with Crippen molar-refractivity contribution in [2.24, 2.45) is 11.8 Å². The summed E-state index contributed by atoms with van der Waals surface area (Å²) in [6.07, 6.45) is 2.89. The second-order valence-corrected chi connectivity index (χ2v) is 8.57. The molecule has 2 fully saturated rings. The quantitative estimate of drug-likeness (QED) is 0.782. The Morgan fingerprint density at radius 2 is 1.79 bits per heavy atom. The van der Waals surface area contributed by atoms with Crippen molar-refractivity contribution in [1.82, 2.24) is 10.2 Å². The number of halogens is 2. The summed E-state index contributed by atoms with van der Waals surface area (Å²) in [5.74, 6) is -1.23. The van der Waals surface area contributed by atoms with E-state index < -0.39 is 11.6 Å². The van der Waals surface area contributed by atoms with Gasteiger partial charge in [-0.05, 0) is 74.4 Å². The van der Waals surface area contributed by atoms with Gasteiger partial charge in [0.2, 0.25) is 5.91 Å². The number of aryl methyl sites for hydroxylation is 1. The van der Waals surface area contributed by atoms with E-state index in [1.807, 2.05) is 0 Å². The SMILES string of the molecule is Cc1ccc(CN2CCC(CNC(=O)C3CC3c3ccc(F)c(F)c3)CC2)cc1. The van der Waals surface area contributed by atoms with Crippen LogP contribution in [-0.4, -0.2) is 30.4 Å². The Morgan fingerprint density at radius 1 is 1.07 bits per heavy atom. The molecule has 0 bridgehead atoms. The molecule has 1 N–H and O–H groups in total. The number of carbonyl (C=O) groups excluding carboxylic acids is 1. The summed E-state index contributed by atoms with van der Waals surface area (Å²) < 4.78 is 26.5. The smallest absolute Gasteiger partial charge is 0.223 e. The number of piperidine rings is 1. The summed E-state index contributed by atoms with van der Waals surface area (Å²) >= 11 is 0. The van der Waals surface area contributed by atoms with E-state index >= 15 is 0 Å². The zero-order chi connectivity index (χ0) is 20.4. The number of nitrogens with zero attached hydrogens (tertiary/aromatic N) is 1. The third-order valence-corrected chi connectivity index (χ3v) is 6.30. The van der Waals surface area contributed by atoms with Crippen LogP contribution in [0.5, 0.6) is 0 Å². The Bertz CT molecular complexity index is 860. The Kier molecular flexibility index (Phi) is 5.95. The first-order chi connectivity index (χ1) is 14.0. The molecule has 3 nitrogen and oxygen atoms in total. The highest BCUT2D eigenvalue weighted by molar-refractivity contribution is 5.82. The lowest BCUT2D eigenvalue weighted by molar-refractivity contribution is -0.122. The first-order valence-corrected chi connectivity index (χ1v) is 10.5. The van der Waals surface area contributed by atoms with Crippen LogP contribution in [0.1, 0.15) is 41.9 Å². The van der Waals surface area contributed by atoms with Crippen LogP contribution in [-0.2, 0) is 11.3 Å². The van der Waals surface area contributed by atoms with Crippen molar-refractivity contribution in [3.63, 3.8) is 0 Å². The number of benzene rings is 2. The van der Waals surface area contributed by atoms with Gasteiger partial charge in [-0.1, -0.05) is 35.9 Å². The van der Waals surface area contributed by atoms with Crippen LogP contribution in [0.3, 0.4) is 0 Å². The maximum atomic E-state index is 13.4. The molecule has 154 valence electrons. The van der Waals surface area contributed by atoms with Gasteiger partial charge in [-0.2, -0.15) is 0 Å². The molecule has 1 heterocycles. The van der Waals surface area contributed by atoms with E-state index in [-0.39, 0.29) is 17.7 Å². The minimum absolute atomic E-state index is 0.0152.